The Kier molecular flexibility index (Phi) is 3.90. The van der Waals surface area contributed by atoms with Crippen LogP contribution in [0.4, 0.5) is 0 Å². The molecule has 0 bridgehead atoms. The largest absolute Gasteiger partial charge is 0.386 e. The molecule has 0 radical (unpaired) electrons. The zero-order valence-electron chi connectivity index (χ0n) is 9.45. The molecule has 1 N–H and O–H groups in total. The summed E-state index contributed by atoms with van der Waals surface area (Å²) in [6.45, 7) is 2.84. The Morgan fingerprint density at radius 2 is 2.21 bits per heavy atom. The minimum Gasteiger partial charge on any atom is -0.386 e. The van der Waals surface area contributed by atoms with Gasteiger partial charge in [-0.15, -0.1) is 0 Å². The van der Waals surface area contributed by atoms with Crippen molar-refractivity contribution in [3.63, 3.8) is 0 Å². The van der Waals surface area contributed by atoms with E-state index in [0.29, 0.717) is 0 Å². The second-order valence-corrected chi connectivity index (χ2v) is 4.49. The second kappa shape index (κ2) is 4.76. The molecule has 0 aromatic carbocycles. The zero-order valence-corrected chi connectivity index (χ0v) is 9.45. The minimum absolute atomic E-state index is 0.630. The van der Waals surface area contributed by atoms with Gasteiger partial charge in [0, 0.05) is 6.54 Å². The molecule has 14 heavy (non-hydrogen) atoms. The molecule has 0 aromatic rings. The third kappa shape index (κ3) is 3.28. The second-order valence-electron chi connectivity index (χ2n) is 4.49. The topological polar surface area (TPSA) is 23.5 Å². The van der Waals surface area contributed by atoms with Crippen LogP contribution < -0.4 is 0 Å². The smallest absolute Gasteiger partial charge is 0.0844 e. The molecule has 1 aliphatic rings. The monoisotopic (exact) mass is 195 g/mol. The van der Waals surface area contributed by atoms with Crippen LogP contribution in [0.15, 0.2) is 23.8 Å². The van der Waals surface area contributed by atoms with Gasteiger partial charge >= 0.3 is 0 Å². The first-order valence-corrected chi connectivity index (χ1v) is 5.25. The summed E-state index contributed by atoms with van der Waals surface area (Å²) in [4.78, 5) is 2.10. The first-order chi connectivity index (χ1) is 6.52. The molecule has 0 amide bonds. The Bertz CT molecular complexity index is 239. The van der Waals surface area contributed by atoms with Crippen LogP contribution in [0.5, 0.6) is 0 Å². The van der Waals surface area contributed by atoms with Gasteiger partial charge in [0.1, 0.15) is 0 Å². The Morgan fingerprint density at radius 1 is 1.50 bits per heavy atom. The number of hydrogen-bond donors (Lipinski definition) is 1. The number of hydrogen-bond acceptors (Lipinski definition) is 2. The summed E-state index contributed by atoms with van der Waals surface area (Å²) >= 11 is 0. The van der Waals surface area contributed by atoms with Crippen LogP contribution in [-0.4, -0.2) is 36.2 Å². The molecule has 0 aliphatic heterocycles. The highest BCUT2D eigenvalue weighted by molar-refractivity contribution is 5.24. The van der Waals surface area contributed by atoms with Crippen molar-refractivity contribution in [2.45, 2.75) is 31.8 Å². The van der Waals surface area contributed by atoms with E-state index >= 15 is 0 Å². The molecule has 0 spiro atoms. The molecule has 0 fully saturated rings. The molecule has 1 atom stereocenters. The molecule has 2 nitrogen and oxygen atoms in total. The van der Waals surface area contributed by atoms with Crippen LogP contribution in [-0.2, 0) is 0 Å². The van der Waals surface area contributed by atoms with Crippen LogP contribution in [0.3, 0.4) is 0 Å². The van der Waals surface area contributed by atoms with Gasteiger partial charge in [-0.25, -0.2) is 0 Å². The van der Waals surface area contributed by atoms with Crippen molar-refractivity contribution in [2.75, 3.05) is 20.6 Å². The fourth-order valence-electron chi connectivity index (χ4n) is 1.65. The van der Waals surface area contributed by atoms with Crippen LogP contribution >= 0.6 is 0 Å². The van der Waals surface area contributed by atoms with Gasteiger partial charge < -0.3 is 10.0 Å². The van der Waals surface area contributed by atoms with E-state index in [1.54, 1.807) is 0 Å². The lowest BCUT2D eigenvalue weighted by Gasteiger charge is -2.29. The summed E-state index contributed by atoms with van der Waals surface area (Å²) in [5.74, 6) is 0. The van der Waals surface area contributed by atoms with Crippen molar-refractivity contribution >= 4 is 0 Å². The van der Waals surface area contributed by atoms with Crippen LogP contribution in [0.2, 0.25) is 0 Å². The van der Waals surface area contributed by atoms with Crippen LogP contribution in [0, 0.1) is 0 Å². The van der Waals surface area contributed by atoms with Gasteiger partial charge in [0.15, 0.2) is 0 Å². The molecule has 1 unspecified atom stereocenters. The van der Waals surface area contributed by atoms with E-state index in [-0.39, 0.29) is 0 Å². The van der Waals surface area contributed by atoms with Crippen molar-refractivity contribution in [1.82, 2.24) is 4.90 Å². The highest BCUT2D eigenvalue weighted by Gasteiger charge is 2.25. The third-order valence-corrected chi connectivity index (χ3v) is 2.75. The maximum atomic E-state index is 10.3. The summed E-state index contributed by atoms with van der Waals surface area (Å²) < 4.78 is 0. The van der Waals surface area contributed by atoms with Gasteiger partial charge in [-0.05, 0) is 45.9 Å². The van der Waals surface area contributed by atoms with E-state index in [0.717, 1.165) is 25.8 Å². The maximum absolute atomic E-state index is 10.3. The van der Waals surface area contributed by atoms with Crippen molar-refractivity contribution in [2.24, 2.45) is 0 Å². The molecular weight excluding hydrogens is 174 g/mol. The fourth-order valence-corrected chi connectivity index (χ4v) is 1.65. The molecule has 80 valence electrons. The summed E-state index contributed by atoms with van der Waals surface area (Å²) in [7, 11) is 4.07. The molecule has 1 aliphatic carbocycles. The quantitative estimate of drug-likeness (QED) is 0.741. The summed E-state index contributed by atoms with van der Waals surface area (Å²) in [6.07, 6.45) is 9.11. The molecular formula is C12H21NO. The number of aliphatic hydroxyl groups is 1. The minimum atomic E-state index is -0.630. The molecule has 2 heteroatoms. The Labute approximate surface area is 86.9 Å². The lowest BCUT2D eigenvalue weighted by Crippen LogP contribution is -2.32. The number of allylic oxidation sites excluding steroid dienone is 3. The van der Waals surface area contributed by atoms with E-state index in [1.807, 2.05) is 27.1 Å². The predicted molar refractivity (Wildman–Crippen MR) is 60.3 cm³/mol. The van der Waals surface area contributed by atoms with Crippen molar-refractivity contribution in [3.05, 3.63) is 23.8 Å². The highest BCUT2D eigenvalue weighted by Crippen LogP contribution is 2.27. The van der Waals surface area contributed by atoms with Gasteiger partial charge in [0.2, 0.25) is 0 Å². The summed E-state index contributed by atoms with van der Waals surface area (Å²) in [5.41, 5.74) is 0.538. The average molecular weight is 195 g/mol. The molecule has 0 heterocycles. The summed E-state index contributed by atoms with van der Waals surface area (Å²) in [5, 5.41) is 10.3. The molecule has 0 saturated carbocycles. The summed E-state index contributed by atoms with van der Waals surface area (Å²) in [6, 6.07) is 0. The molecule has 0 saturated heterocycles. The van der Waals surface area contributed by atoms with Crippen molar-refractivity contribution in [1.29, 1.82) is 0 Å². The fraction of sp³-hybridized carbons (Fsp3) is 0.667. The third-order valence-electron chi connectivity index (χ3n) is 2.75. The first-order valence-electron chi connectivity index (χ1n) is 5.25. The SMILES string of the molecule is CN(C)CCC(C)(O)C1=CC=CCC1. The van der Waals surface area contributed by atoms with Crippen LogP contribution in [0.25, 0.3) is 0 Å². The van der Waals surface area contributed by atoms with E-state index in [9.17, 15) is 5.11 Å². The highest BCUT2D eigenvalue weighted by atomic mass is 16.3. The molecule has 1 rings (SSSR count). The van der Waals surface area contributed by atoms with E-state index in [4.69, 9.17) is 0 Å². The normalized spacial score (nSPS) is 20.8. The van der Waals surface area contributed by atoms with Crippen molar-refractivity contribution in [3.8, 4) is 0 Å². The first kappa shape index (κ1) is 11.5. The maximum Gasteiger partial charge on any atom is 0.0844 e. The van der Waals surface area contributed by atoms with Gasteiger partial charge in [0.25, 0.3) is 0 Å². The van der Waals surface area contributed by atoms with Crippen LogP contribution in [0.1, 0.15) is 26.2 Å². The molecule has 0 aromatic heterocycles. The zero-order chi connectivity index (χ0) is 10.6. The van der Waals surface area contributed by atoms with Gasteiger partial charge in [-0.2, -0.15) is 0 Å². The van der Waals surface area contributed by atoms with Gasteiger partial charge in [-0.1, -0.05) is 18.2 Å². The number of rotatable bonds is 4. The van der Waals surface area contributed by atoms with Gasteiger partial charge in [0.05, 0.1) is 5.60 Å². The number of nitrogens with zero attached hydrogens (tertiary/aromatic N) is 1. The Hall–Kier alpha value is -0.600. The van der Waals surface area contributed by atoms with E-state index in [2.05, 4.69) is 17.1 Å². The Balaban J connectivity index is 2.54. The van der Waals surface area contributed by atoms with E-state index < -0.39 is 5.60 Å². The van der Waals surface area contributed by atoms with Gasteiger partial charge in [-0.3, -0.25) is 0 Å². The lowest BCUT2D eigenvalue weighted by molar-refractivity contribution is 0.0768. The van der Waals surface area contributed by atoms with E-state index in [1.165, 1.54) is 5.57 Å². The standard InChI is InChI=1S/C12H21NO/c1-12(14,9-10-13(2)3)11-7-5-4-6-8-11/h4-5,7,14H,6,8-10H2,1-3H3. The lowest BCUT2D eigenvalue weighted by atomic mass is 9.86. The van der Waals surface area contributed by atoms with Crippen molar-refractivity contribution < 1.29 is 5.11 Å². The predicted octanol–water partition coefficient (Wildman–Crippen LogP) is 1.97. The Morgan fingerprint density at radius 3 is 2.71 bits per heavy atom. The average Bonchev–Trinajstić information content (AvgIpc) is 2.16.